The van der Waals surface area contributed by atoms with E-state index >= 15 is 0 Å². The minimum Gasteiger partial charge on any atom is -0.497 e. The van der Waals surface area contributed by atoms with Gasteiger partial charge in [-0.2, -0.15) is 0 Å². The number of nitrogens with two attached hydrogens (primary N) is 1. The maximum Gasteiger partial charge on any atom is 0.249 e. The van der Waals surface area contributed by atoms with Gasteiger partial charge in [0.15, 0.2) is 0 Å². The molecule has 1 unspecified atom stereocenters. The average molecular weight is 419 g/mol. The standard InChI is InChI=1S/C22H34N4O4/c1-29-15-21(27)25-12-9-18(13-20(25)22(28)24-11-10-23)26(17-5-6-17)14-16-3-7-19(30-2)8-4-16/h3-4,7-8,17-18,20H,5-6,9-15,23H2,1-2H3,(H,24,28)/t18?,20-/m1/s1. The third-order valence-electron chi connectivity index (χ3n) is 5.92. The van der Waals surface area contributed by atoms with Gasteiger partial charge in [0, 0.05) is 45.4 Å². The highest BCUT2D eigenvalue weighted by molar-refractivity contribution is 5.88. The Hall–Kier alpha value is -2.16. The van der Waals surface area contributed by atoms with Gasteiger partial charge in [-0.1, -0.05) is 12.1 Å². The molecule has 1 aliphatic heterocycles. The van der Waals surface area contributed by atoms with Crippen molar-refractivity contribution < 1.29 is 19.1 Å². The van der Waals surface area contributed by atoms with Crippen molar-refractivity contribution in [1.82, 2.24) is 15.1 Å². The predicted molar refractivity (Wildman–Crippen MR) is 114 cm³/mol. The number of carbonyl (C=O) groups is 2. The molecule has 1 aromatic carbocycles. The quantitative estimate of drug-likeness (QED) is 0.582. The Kier molecular flexibility index (Phi) is 8.07. The van der Waals surface area contributed by atoms with E-state index in [2.05, 4.69) is 22.3 Å². The van der Waals surface area contributed by atoms with E-state index < -0.39 is 6.04 Å². The van der Waals surface area contributed by atoms with Crippen molar-refractivity contribution in [1.29, 1.82) is 0 Å². The van der Waals surface area contributed by atoms with Gasteiger partial charge in [0.25, 0.3) is 0 Å². The molecule has 30 heavy (non-hydrogen) atoms. The molecule has 1 saturated heterocycles. The molecule has 2 fully saturated rings. The van der Waals surface area contributed by atoms with Crippen LogP contribution in [-0.2, 0) is 20.9 Å². The van der Waals surface area contributed by atoms with Gasteiger partial charge in [-0.3, -0.25) is 14.5 Å². The molecular weight excluding hydrogens is 384 g/mol. The number of rotatable bonds is 10. The van der Waals surface area contributed by atoms with Crippen molar-refractivity contribution in [3.63, 3.8) is 0 Å². The minimum absolute atomic E-state index is 0.0104. The van der Waals surface area contributed by atoms with Crippen molar-refractivity contribution in [2.24, 2.45) is 5.73 Å². The molecule has 0 bridgehead atoms. The zero-order valence-corrected chi connectivity index (χ0v) is 18.0. The highest BCUT2D eigenvalue weighted by Crippen LogP contribution is 2.35. The summed E-state index contributed by atoms with van der Waals surface area (Å²) in [5.74, 6) is 0.574. The SMILES string of the molecule is COCC(=O)N1CCC(N(Cc2ccc(OC)cc2)C2CC2)C[C@@H]1C(=O)NCCN. The number of methoxy groups -OCH3 is 2. The maximum absolute atomic E-state index is 12.8. The van der Waals surface area contributed by atoms with Crippen molar-refractivity contribution in [2.75, 3.05) is 40.5 Å². The number of benzene rings is 1. The lowest BCUT2D eigenvalue weighted by molar-refractivity contribution is -0.146. The van der Waals surface area contributed by atoms with Gasteiger partial charge in [-0.25, -0.2) is 0 Å². The number of amides is 2. The van der Waals surface area contributed by atoms with E-state index in [1.807, 2.05) is 12.1 Å². The van der Waals surface area contributed by atoms with Gasteiger partial charge in [0.05, 0.1) is 7.11 Å². The van der Waals surface area contributed by atoms with Gasteiger partial charge >= 0.3 is 0 Å². The van der Waals surface area contributed by atoms with Gasteiger partial charge < -0.3 is 25.4 Å². The summed E-state index contributed by atoms with van der Waals surface area (Å²) in [7, 11) is 3.16. The van der Waals surface area contributed by atoms with Crippen LogP contribution in [-0.4, -0.2) is 80.2 Å². The van der Waals surface area contributed by atoms with E-state index in [-0.39, 0.29) is 24.5 Å². The third kappa shape index (κ3) is 5.71. The Morgan fingerprint density at radius 2 is 1.90 bits per heavy atom. The summed E-state index contributed by atoms with van der Waals surface area (Å²) in [6, 6.07) is 8.46. The molecule has 2 atom stereocenters. The van der Waals surface area contributed by atoms with E-state index in [1.54, 1.807) is 12.0 Å². The number of ether oxygens (including phenoxy) is 2. The Bertz CT molecular complexity index is 708. The second kappa shape index (κ2) is 10.7. The summed E-state index contributed by atoms with van der Waals surface area (Å²) >= 11 is 0. The first-order valence-corrected chi connectivity index (χ1v) is 10.7. The molecule has 2 aliphatic rings. The third-order valence-corrected chi connectivity index (χ3v) is 5.92. The first-order valence-electron chi connectivity index (χ1n) is 10.7. The molecule has 8 heteroatoms. The van der Waals surface area contributed by atoms with Crippen molar-refractivity contribution >= 4 is 11.8 Å². The smallest absolute Gasteiger partial charge is 0.249 e. The first-order chi connectivity index (χ1) is 14.6. The van der Waals surface area contributed by atoms with Crippen LogP contribution in [0.2, 0.25) is 0 Å². The van der Waals surface area contributed by atoms with Gasteiger partial charge in [-0.05, 0) is 43.4 Å². The molecule has 1 aliphatic carbocycles. The summed E-state index contributed by atoms with van der Waals surface area (Å²) in [6.45, 7) is 2.16. The first kappa shape index (κ1) is 22.5. The lowest BCUT2D eigenvalue weighted by atomic mass is 9.94. The number of hydrogen-bond donors (Lipinski definition) is 2. The highest BCUT2D eigenvalue weighted by Gasteiger charge is 2.41. The summed E-state index contributed by atoms with van der Waals surface area (Å²) in [4.78, 5) is 29.5. The Balaban J connectivity index is 1.72. The number of nitrogens with zero attached hydrogens (tertiary/aromatic N) is 2. The lowest BCUT2D eigenvalue weighted by Gasteiger charge is -2.43. The topological polar surface area (TPSA) is 97.1 Å². The predicted octanol–water partition coefficient (Wildman–Crippen LogP) is 0.741. The fraction of sp³-hybridized carbons (Fsp3) is 0.636. The molecule has 8 nitrogen and oxygen atoms in total. The molecule has 0 radical (unpaired) electrons. The van der Waals surface area contributed by atoms with Crippen LogP contribution in [0, 0.1) is 0 Å². The molecule has 1 heterocycles. The summed E-state index contributed by atoms with van der Waals surface area (Å²) in [5, 5.41) is 2.86. The van der Waals surface area contributed by atoms with Crippen molar-refractivity contribution in [3.8, 4) is 5.75 Å². The minimum atomic E-state index is -0.491. The van der Waals surface area contributed by atoms with Crippen molar-refractivity contribution in [2.45, 2.75) is 50.4 Å². The lowest BCUT2D eigenvalue weighted by Crippen LogP contribution is -2.58. The van der Waals surface area contributed by atoms with Gasteiger partial charge in [0.2, 0.25) is 11.8 Å². The number of hydrogen-bond acceptors (Lipinski definition) is 6. The molecule has 1 aromatic rings. The molecule has 166 valence electrons. The van der Waals surface area contributed by atoms with E-state index in [0.717, 1.165) is 18.7 Å². The Morgan fingerprint density at radius 1 is 1.17 bits per heavy atom. The molecule has 3 N–H and O–H groups in total. The highest BCUT2D eigenvalue weighted by atomic mass is 16.5. The molecular formula is C22H34N4O4. The Labute approximate surface area is 178 Å². The van der Waals surface area contributed by atoms with E-state index in [4.69, 9.17) is 15.2 Å². The zero-order chi connectivity index (χ0) is 21.5. The number of carbonyl (C=O) groups excluding carboxylic acids is 2. The Morgan fingerprint density at radius 3 is 2.50 bits per heavy atom. The van der Waals surface area contributed by atoms with Crippen LogP contribution >= 0.6 is 0 Å². The second-order valence-corrected chi connectivity index (χ2v) is 8.05. The summed E-state index contributed by atoms with van der Waals surface area (Å²) < 4.78 is 10.3. The second-order valence-electron chi connectivity index (χ2n) is 8.05. The fourth-order valence-corrected chi connectivity index (χ4v) is 4.22. The largest absolute Gasteiger partial charge is 0.497 e. The zero-order valence-electron chi connectivity index (χ0n) is 18.0. The van der Waals surface area contributed by atoms with Crippen LogP contribution in [0.25, 0.3) is 0 Å². The van der Waals surface area contributed by atoms with E-state index in [0.29, 0.717) is 32.1 Å². The van der Waals surface area contributed by atoms with Crippen LogP contribution < -0.4 is 15.8 Å². The summed E-state index contributed by atoms with van der Waals surface area (Å²) in [6.07, 6.45) is 3.84. The maximum atomic E-state index is 12.8. The van der Waals surface area contributed by atoms with E-state index in [1.165, 1.54) is 25.5 Å². The van der Waals surface area contributed by atoms with Crippen LogP contribution in [0.1, 0.15) is 31.2 Å². The van der Waals surface area contributed by atoms with Gasteiger partial charge in [-0.15, -0.1) is 0 Å². The summed E-state index contributed by atoms with van der Waals surface area (Å²) in [5.41, 5.74) is 6.77. The number of piperidine rings is 1. The molecule has 0 spiro atoms. The number of nitrogens with one attached hydrogen (secondary N) is 1. The molecule has 3 rings (SSSR count). The normalized spacial score (nSPS) is 21.5. The average Bonchev–Trinajstić information content (AvgIpc) is 3.61. The monoisotopic (exact) mass is 418 g/mol. The van der Waals surface area contributed by atoms with E-state index in [9.17, 15) is 9.59 Å². The number of likely N-dealkylation sites (tertiary alicyclic amines) is 1. The van der Waals surface area contributed by atoms with Crippen LogP contribution in [0.4, 0.5) is 0 Å². The van der Waals surface area contributed by atoms with Crippen LogP contribution in [0.5, 0.6) is 5.75 Å². The van der Waals surface area contributed by atoms with Crippen LogP contribution in [0.15, 0.2) is 24.3 Å². The molecule has 2 amide bonds. The van der Waals surface area contributed by atoms with Gasteiger partial charge in [0.1, 0.15) is 18.4 Å². The fourth-order valence-electron chi connectivity index (χ4n) is 4.22. The van der Waals surface area contributed by atoms with Crippen LogP contribution in [0.3, 0.4) is 0 Å². The van der Waals surface area contributed by atoms with Crippen molar-refractivity contribution in [3.05, 3.63) is 29.8 Å². The molecule has 0 aromatic heterocycles. The molecule has 1 saturated carbocycles.